The minimum absolute atomic E-state index is 0.0338. The van der Waals surface area contributed by atoms with Crippen molar-refractivity contribution in [2.45, 2.75) is 40.2 Å². The zero-order valence-electron chi connectivity index (χ0n) is 16.0. The van der Waals surface area contributed by atoms with Crippen molar-refractivity contribution in [1.82, 2.24) is 14.9 Å². The van der Waals surface area contributed by atoms with Gasteiger partial charge >= 0.3 is 0 Å². The number of rotatable bonds is 5. The molecule has 0 N–H and O–H groups in total. The summed E-state index contributed by atoms with van der Waals surface area (Å²) in [6, 6.07) is 11.9. The summed E-state index contributed by atoms with van der Waals surface area (Å²) in [5.74, 6) is 2.26. The van der Waals surface area contributed by atoms with Gasteiger partial charge < -0.3 is 9.80 Å². The third-order valence-electron chi connectivity index (χ3n) is 5.04. The molecule has 1 fully saturated rings. The van der Waals surface area contributed by atoms with Crippen LogP contribution in [0, 0.1) is 12.8 Å². The molecule has 1 aromatic heterocycles. The van der Waals surface area contributed by atoms with Gasteiger partial charge in [-0.25, -0.2) is 9.97 Å². The number of hydrogen-bond acceptors (Lipinski definition) is 4. The van der Waals surface area contributed by atoms with Crippen molar-refractivity contribution in [2.75, 3.05) is 24.5 Å². The Balaban J connectivity index is 1.79. The first-order chi connectivity index (χ1) is 12.6. The third kappa shape index (κ3) is 4.40. The Kier molecular flexibility index (Phi) is 5.86. The van der Waals surface area contributed by atoms with Gasteiger partial charge in [0.25, 0.3) is 5.91 Å². The molecule has 2 heterocycles. The standard InChI is InChI=1S/C21H28N4O/c1-4-24(15-18-8-6-5-7-9-18)21(26)19-14-20(23-17(3)22-19)25-12-10-16(2)11-13-25/h5-9,14,16H,4,10-13,15H2,1-3H3. The largest absolute Gasteiger partial charge is 0.356 e. The maximum atomic E-state index is 13.0. The summed E-state index contributed by atoms with van der Waals surface area (Å²) >= 11 is 0. The predicted octanol–water partition coefficient (Wildman–Crippen LogP) is 3.68. The van der Waals surface area contributed by atoms with Crippen LogP contribution in [0.3, 0.4) is 0 Å². The number of anilines is 1. The molecular formula is C21H28N4O. The Morgan fingerprint density at radius 1 is 1.19 bits per heavy atom. The maximum Gasteiger partial charge on any atom is 0.272 e. The Hall–Kier alpha value is -2.43. The van der Waals surface area contributed by atoms with E-state index < -0.39 is 0 Å². The number of nitrogens with zero attached hydrogens (tertiary/aromatic N) is 4. The second-order valence-corrected chi connectivity index (χ2v) is 7.13. The fraction of sp³-hybridized carbons (Fsp3) is 0.476. The minimum Gasteiger partial charge on any atom is -0.356 e. The Morgan fingerprint density at radius 3 is 2.54 bits per heavy atom. The minimum atomic E-state index is -0.0338. The summed E-state index contributed by atoms with van der Waals surface area (Å²) in [6.07, 6.45) is 2.34. The van der Waals surface area contributed by atoms with Crippen LogP contribution in [-0.2, 0) is 6.54 Å². The first kappa shape index (κ1) is 18.4. The van der Waals surface area contributed by atoms with Gasteiger partial charge in [0, 0.05) is 32.2 Å². The van der Waals surface area contributed by atoms with Crippen molar-refractivity contribution >= 4 is 11.7 Å². The van der Waals surface area contributed by atoms with Crippen molar-refractivity contribution in [2.24, 2.45) is 5.92 Å². The lowest BCUT2D eigenvalue weighted by atomic mass is 9.99. The number of aromatic nitrogens is 2. The molecule has 3 rings (SSSR count). The van der Waals surface area contributed by atoms with Crippen molar-refractivity contribution in [1.29, 1.82) is 0 Å². The number of piperidine rings is 1. The van der Waals surface area contributed by atoms with Gasteiger partial charge in [0.05, 0.1) is 0 Å². The van der Waals surface area contributed by atoms with Gasteiger partial charge in [-0.15, -0.1) is 0 Å². The number of carbonyl (C=O) groups is 1. The van der Waals surface area contributed by atoms with E-state index in [0.29, 0.717) is 24.6 Å². The van der Waals surface area contributed by atoms with Crippen molar-refractivity contribution in [3.8, 4) is 0 Å². The molecule has 0 aliphatic carbocycles. The summed E-state index contributed by atoms with van der Waals surface area (Å²) in [5, 5.41) is 0. The third-order valence-corrected chi connectivity index (χ3v) is 5.04. The van der Waals surface area contributed by atoms with E-state index in [9.17, 15) is 4.79 Å². The van der Waals surface area contributed by atoms with Crippen LogP contribution in [0.5, 0.6) is 0 Å². The second kappa shape index (κ2) is 8.30. The van der Waals surface area contributed by atoms with Gasteiger partial charge in [0.15, 0.2) is 0 Å². The molecule has 0 radical (unpaired) electrons. The molecule has 5 heteroatoms. The van der Waals surface area contributed by atoms with Crippen molar-refractivity contribution < 1.29 is 4.79 Å². The van der Waals surface area contributed by atoms with E-state index in [4.69, 9.17) is 0 Å². The van der Waals surface area contributed by atoms with Crippen molar-refractivity contribution in [3.63, 3.8) is 0 Å². The predicted molar refractivity (Wildman–Crippen MR) is 104 cm³/mol. The molecule has 0 spiro atoms. The molecule has 1 aliphatic heterocycles. The summed E-state index contributed by atoms with van der Waals surface area (Å²) in [5.41, 5.74) is 1.61. The molecule has 1 aromatic carbocycles. The number of benzene rings is 1. The molecule has 2 aromatic rings. The molecule has 1 amide bonds. The lowest BCUT2D eigenvalue weighted by Crippen LogP contribution is -2.35. The molecule has 138 valence electrons. The highest BCUT2D eigenvalue weighted by Gasteiger charge is 2.21. The lowest BCUT2D eigenvalue weighted by Gasteiger charge is -2.31. The van der Waals surface area contributed by atoms with E-state index in [1.54, 1.807) is 0 Å². The van der Waals surface area contributed by atoms with E-state index in [-0.39, 0.29) is 5.91 Å². The highest BCUT2D eigenvalue weighted by molar-refractivity contribution is 5.93. The number of aryl methyl sites for hydroxylation is 1. The summed E-state index contributed by atoms with van der Waals surface area (Å²) in [7, 11) is 0. The quantitative estimate of drug-likeness (QED) is 0.823. The SMILES string of the molecule is CCN(Cc1ccccc1)C(=O)c1cc(N2CCC(C)CC2)nc(C)n1. The zero-order valence-corrected chi connectivity index (χ0v) is 16.0. The molecule has 1 aliphatic rings. The highest BCUT2D eigenvalue weighted by atomic mass is 16.2. The molecule has 0 unspecified atom stereocenters. The zero-order chi connectivity index (χ0) is 18.5. The molecule has 5 nitrogen and oxygen atoms in total. The highest BCUT2D eigenvalue weighted by Crippen LogP contribution is 2.22. The summed E-state index contributed by atoms with van der Waals surface area (Å²) in [6.45, 7) is 9.38. The fourth-order valence-corrected chi connectivity index (χ4v) is 3.35. The van der Waals surface area contributed by atoms with Gasteiger partial charge in [-0.3, -0.25) is 4.79 Å². The maximum absolute atomic E-state index is 13.0. The molecule has 0 saturated carbocycles. The first-order valence-corrected chi connectivity index (χ1v) is 9.50. The van der Waals surface area contributed by atoms with E-state index in [1.165, 1.54) is 12.8 Å². The Bertz CT molecular complexity index is 739. The van der Waals surface area contributed by atoms with E-state index in [2.05, 4.69) is 21.8 Å². The fourth-order valence-electron chi connectivity index (χ4n) is 3.35. The Morgan fingerprint density at radius 2 is 1.88 bits per heavy atom. The van der Waals surface area contributed by atoms with Crippen LogP contribution < -0.4 is 4.90 Å². The second-order valence-electron chi connectivity index (χ2n) is 7.13. The molecule has 0 atom stereocenters. The van der Waals surface area contributed by atoms with Crippen LogP contribution in [0.25, 0.3) is 0 Å². The van der Waals surface area contributed by atoms with Gasteiger partial charge in [-0.1, -0.05) is 37.3 Å². The van der Waals surface area contributed by atoms with Gasteiger partial charge in [-0.2, -0.15) is 0 Å². The summed E-state index contributed by atoms with van der Waals surface area (Å²) in [4.78, 5) is 26.1. The van der Waals surface area contributed by atoms with Crippen molar-refractivity contribution in [3.05, 3.63) is 53.5 Å². The normalized spacial score (nSPS) is 15.1. The van der Waals surface area contributed by atoms with Gasteiger partial charge in [0.2, 0.25) is 0 Å². The number of hydrogen-bond donors (Lipinski definition) is 0. The molecular weight excluding hydrogens is 324 g/mol. The molecule has 1 saturated heterocycles. The van der Waals surface area contributed by atoms with E-state index in [0.717, 1.165) is 30.4 Å². The smallest absolute Gasteiger partial charge is 0.272 e. The summed E-state index contributed by atoms with van der Waals surface area (Å²) < 4.78 is 0. The topological polar surface area (TPSA) is 49.3 Å². The molecule has 26 heavy (non-hydrogen) atoms. The van der Waals surface area contributed by atoms with E-state index in [1.807, 2.05) is 55.1 Å². The van der Waals surface area contributed by atoms with Crippen LogP contribution >= 0.6 is 0 Å². The van der Waals surface area contributed by atoms with E-state index >= 15 is 0 Å². The molecule has 0 bridgehead atoms. The number of carbonyl (C=O) groups excluding carboxylic acids is 1. The lowest BCUT2D eigenvalue weighted by molar-refractivity contribution is 0.0746. The van der Waals surface area contributed by atoms with Gasteiger partial charge in [-0.05, 0) is 38.2 Å². The average molecular weight is 352 g/mol. The van der Waals surface area contributed by atoms with Crippen LogP contribution in [0.4, 0.5) is 5.82 Å². The monoisotopic (exact) mass is 352 g/mol. The van der Waals surface area contributed by atoms with Crippen LogP contribution in [0.2, 0.25) is 0 Å². The van der Waals surface area contributed by atoms with Crippen LogP contribution in [0.1, 0.15) is 48.6 Å². The van der Waals surface area contributed by atoms with Crippen LogP contribution in [0.15, 0.2) is 36.4 Å². The Labute approximate surface area is 156 Å². The average Bonchev–Trinajstić information content (AvgIpc) is 2.66. The van der Waals surface area contributed by atoms with Gasteiger partial charge in [0.1, 0.15) is 17.3 Å². The number of amides is 1. The first-order valence-electron chi connectivity index (χ1n) is 9.50. The van der Waals surface area contributed by atoms with Crippen LogP contribution in [-0.4, -0.2) is 40.4 Å².